The summed E-state index contributed by atoms with van der Waals surface area (Å²) < 4.78 is 24.6. The number of benzene rings is 2. The number of aromatic amines is 1. The molecule has 0 aliphatic carbocycles. The minimum atomic E-state index is -0.211. The zero-order chi connectivity index (χ0) is 25.2. The monoisotopic (exact) mass is 489 g/mol. The third-order valence-corrected chi connectivity index (χ3v) is 5.82. The summed E-state index contributed by atoms with van der Waals surface area (Å²) in [5.41, 5.74) is 3.24. The molecule has 11 heteroatoms. The van der Waals surface area contributed by atoms with Crippen molar-refractivity contribution >= 4 is 39.4 Å². The minimum absolute atomic E-state index is 0.211. The van der Waals surface area contributed by atoms with Crippen molar-refractivity contribution in [3.05, 3.63) is 58.6 Å². The molecule has 2 aromatic carbocycles. The maximum atomic E-state index is 13.4. The zero-order valence-corrected chi connectivity index (χ0v) is 20.3. The molecule has 0 spiro atoms. The van der Waals surface area contributed by atoms with Crippen molar-refractivity contribution in [1.29, 1.82) is 0 Å². The average molecular weight is 490 g/mol. The Morgan fingerprint density at radius 1 is 1.00 bits per heavy atom. The van der Waals surface area contributed by atoms with E-state index in [2.05, 4.69) is 10.1 Å². The van der Waals surface area contributed by atoms with E-state index in [4.69, 9.17) is 28.9 Å². The average Bonchev–Trinajstić information content (AvgIpc) is 3.22. The van der Waals surface area contributed by atoms with Crippen LogP contribution >= 0.6 is 0 Å². The van der Waals surface area contributed by atoms with Gasteiger partial charge in [-0.2, -0.15) is 0 Å². The largest absolute Gasteiger partial charge is 0.493 e. The molecule has 1 N–H and O–H groups in total. The van der Waals surface area contributed by atoms with Gasteiger partial charge in [0.2, 0.25) is 11.4 Å². The van der Waals surface area contributed by atoms with Gasteiger partial charge in [0.25, 0.3) is 5.65 Å². The number of fused-ring (bicyclic) bond motifs is 4. The standard InChI is InChI=1S/C25H24N6O5/c1-33-10-9-30-14-26-23-20(25(30)32)21-24(29-17-8-6-5-7-16(17)28-21)31(23)27-13-15-11-18(34-2)22(36-4)19(12-15)35-3/h5-8,11-14H,9-10H2,1-4H3/p+1/b27-13+. The fourth-order valence-electron chi connectivity index (χ4n) is 4.08. The molecular weight excluding hydrogens is 464 g/mol. The number of nitrogens with one attached hydrogen (secondary N) is 1. The van der Waals surface area contributed by atoms with Crippen LogP contribution in [0.2, 0.25) is 0 Å². The first-order valence-corrected chi connectivity index (χ1v) is 11.1. The van der Waals surface area contributed by atoms with Gasteiger partial charge in [0.15, 0.2) is 23.2 Å². The Balaban J connectivity index is 1.75. The molecule has 3 aromatic heterocycles. The molecule has 3 heterocycles. The van der Waals surface area contributed by atoms with E-state index in [1.54, 1.807) is 62.4 Å². The Morgan fingerprint density at radius 3 is 2.33 bits per heavy atom. The van der Waals surface area contributed by atoms with Crippen molar-refractivity contribution in [3.63, 3.8) is 0 Å². The fourth-order valence-corrected chi connectivity index (χ4v) is 4.08. The molecule has 0 radical (unpaired) electrons. The molecular formula is C25H25N6O5+. The fraction of sp³-hybridized carbons (Fsp3) is 0.240. The molecule has 0 aliphatic rings. The van der Waals surface area contributed by atoms with E-state index in [-0.39, 0.29) is 5.56 Å². The van der Waals surface area contributed by atoms with Gasteiger partial charge in [-0.05, 0) is 24.3 Å². The number of hydrogen-bond acceptors (Lipinski definition) is 8. The van der Waals surface area contributed by atoms with Crippen LogP contribution in [0.25, 0.3) is 33.2 Å². The van der Waals surface area contributed by atoms with Crippen LogP contribution in [-0.2, 0) is 11.3 Å². The van der Waals surface area contributed by atoms with Crippen LogP contribution in [0.3, 0.4) is 0 Å². The molecule has 184 valence electrons. The molecule has 11 nitrogen and oxygen atoms in total. The van der Waals surface area contributed by atoms with Crippen molar-refractivity contribution in [2.24, 2.45) is 5.10 Å². The molecule has 0 saturated carbocycles. The number of rotatable bonds is 8. The second-order valence-electron chi connectivity index (χ2n) is 7.89. The van der Waals surface area contributed by atoms with Crippen molar-refractivity contribution in [1.82, 2.24) is 19.2 Å². The summed E-state index contributed by atoms with van der Waals surface area (Å²) >= 11 is 0. The Kier molecular flexibility index (Phi) is 6.21. The number of nitrogens with zero attached hydrogens (tertiary/aromatic N) is 5. The van der Waals surface area contributed by atoms with Gasteiger partial charge >= 0.3 is 5.56 Å². The normalized spacial score (nSPS) is 11.7. The molecule has 0 saturated heterocycles. The van der Waals surface area contributed by atoms with Crippen LogP contribution in [0.4, 0.5) is 0 Å². The van der Waals surface area contributed by atoms with Gasteiger partial charge in [0.05, 0.1) is 51.7 Å². The lowest BCUT2D eigenvalue weighted by Crippen LogP contribution is -2.28. The summed E-state index contributed by atoms with van der Waals surface area (Å²) in [5.74, 6) is 1.48. The van der Waals surface area contributed by atoms with Crippen LogP contribution in [0, 0.1) is 0 Å². The lowest BCUT2D eigenvalue weighted by molar-refractivity contribution is -0.357. The second-order valence-corrected chi connectivity index (χ2v) is 7.89. The quantitative estimate of drug-likeness (QED) is 0.307. The van der Waals surface area contributed by atoms with E-state index in [1.807, 2.05) is 24.3 Å². The predicted molar refractivity (Wildman–Crippen MR) is 134 cm³/mol. The summed E-state index contributed by atoms with van der Waals surface area (Å²) in [6.45, 7) is 0.788. The highest BCUT2D eigenvalue weighted by Gasteiger charge is 2.24. The smallest absolute Gasteiger partial charge is 0.322 e. The molecule has 0 bridgehead atoms. The first-order valence-electron chi connectivity index (χ1n) is 11.1. The SMILES string of the molecule is COCCn1c[nH+]c2c(c1=O)c1nc3ccccc3nc1n2/N=C/c1cc(OC)c(OC)c(OC)c1. The molecule has 0 atom stereocenters. The maximum absolute atomic E-state index is 13.4. The number of aromatic nitrogens is 5. The van der Waals surface area contributed by atoms with Gasteiger partial charge in [0, 0.05) is 12.7 Å². The minimum Gasteiger partial charge on any atom is -0.493 e. The summed E-state index contributed by atoms with van der Waals surface area (Å²) in [6.07, 6.45) is 3.23. The topological polar surface area (TPSA) is 116 Å². The lowest BCUT2D eigenvalue weighted by atomic mass is 10.2. The maximum Gasteiger partial charge on any atom is 0.322 e. The first-order chi connectivity index (χ1) is 17.6. The van der Waals surface area contributed by atoms with Gasteiger partial charge < -0.3 is 18.9 Å². The molecule has 0 aliphatic heterocycles. The third kappa shape index (κ3) is 3.89. The number of methoxy groups -OCH3 is 4. The van der Waals surface area contributed by atoms with E-state index < -0.39 is 0 Å². The van der Waals surface area contributed by atoms with E-state index in [1.165, 1.54) is 0 Å². The van der Waals surface area contributed by atoms with Gasteiger partial charge in [-0.1, -0.05) is 12.1 Å². The number of ether oxygens (including phenoxy) is 4. The van der Waals surface area contributed by atoms with E-state index in [0.717, 1.165) is 0 Å². The van der Waals surface area contributed by atoms with Crippen molar-refractivity contribution < 1.29 is 23.9 Å². The van der Waals surface area contributed by atoms with Crippen LogP contribution < -0.4 is 24.8 Å². The molecule has 5 rings (SSSR count). The van der Waals surface area contributed by atoms with Crippen LogP contribution in [0.5, 0.6) is 17.2 Å². The third-order valence-electron chi connectivity index (χ3n) is 5.82. The van der Waals surface area contributed by atoms with Crippen molar-refractivity contribution in [2.75, 3.05) is 35.0 Å². The number of hydrogen-bond donors (Lipinski definition) is 0. The molecule has 36 heavy (non-hydrogen) atoms. The summed E-state index contributed by atoms with van der Waals surface area (Å²) in [4.78, 5) is 26.1. The summed E-state index contributed by atoms with van der Waals surface area (Å²) in [7, 11) is 6.24. The van der Waals surface area contributed by atoms with E-state index in [0.29, 0.717) is 69.2 Å². The van der Waals surface area contributed by atoms with Gasteiger partial charge in [-0.15, -0.1) is 9.78 Å². The zero-order valence-electron chi connectivity index (χ0n) is 20.3. The first kappa shape index (κ1) is 23.2. The highest BCUT2D eigenvalue weighted by molar-refractivity contribution is 6.03. The highest BCUT2D eigenvalue weighted by Crippen LogP contribution is 2.37. The highest BCUT2D eigenvalue weighted by atomic mass is 16.5. The molecule has 0 unspecified atom stereocenters. The van der Waals surface area contributed by atoms with Crippen LogP contribution in [0.15, 0.2) is 52.6 Å². The second kappa shape index (κ2) is 9.62. The van der Waals surface area contributed by atoms with Gasteiger partial charge in [-0.25, -0.2) is 24.3 Å². The van der Waals surface area contributed by atoms with Gasteiger partial charge in [0.1, 0.15) is 5.52 Å². The van der Waals surface area contributed by atoms with Crippen molar-refractivity contribution in [2.45, 2.75) is 6.54 Å². The lowest BCUT2D eigenvalue weighted by Gasteiger charge is -2.12. The van der Waals surface area contributed by atoms with Crippen LogP contribution in [0.1, 0.15) is 5.56 Å². The molecule has 5 aromatic rings. The Morgan fingerprint density at radius 2 is 1.69 bits per heavy atom. The van der Waals surface area contributed by atoms with Crippen LogP contribution in [-0.4, -0.2) is 60.5 Å². The molecule has 0 amide bonds. The predicted octanol–water partition coefficient (Wildman–Crippen LogP) is 2.27. The number of para-hydroxylation sites is 2. The Labute approximate surface area is 205 Å². The van der Waals surface area contributed by atoms with Gasteiger partial charge in [-0.3, -0.25) is 0 Å². The van der Waals surface area contributed by atoms with Crippen molar-refractivity contribution in [3.8, 4) is 17.2 Å². The Bertz CT molecular complexity index is 1650. The van der Waals surface area contributed by atoms with E-state index >= 15 is 0 Å². The van der Waals surface area contributed by atoms with E-state index in [9.17, 15) is 4.79 Å². The summed E-state index contributed by atoms with van der Waals surface area (Å²) in [6, 6.07) is 11.1. The number of H-pyrrole nitrogens is 1. The Hall–Kier alpha value is -4.51. The molecule has 0 fully saturated rings. The summed E-state index contributed by atoms with van der Waals surface area (Å²) in [5, 5.41) is 5.06.